The number of carbonyl (C=O) groups is 1. The molecular formula is C15H13ClN2OS2. The van der Waals surface area contributed by atoms with Crippen molar-refractivity contribution in [3.8, 4) is 0 Å². The van der Waals surface area contributed by atoms with Gasteiger partial charge in [-0.3, -0.25) is 4.79 Å². The maximum Gasteiger partial charge on any atom is 0.185 e. The summed E-state index contributed by atoms with van der Waals surface area (Å²) in [5.41, 5.74) is 3.10. The summed E-state index contributed by atoms with van der Waals surface area (Å²) in [4.78, 5) is 20.8. The van der Waals surface area contributed by atoms with Crippen LogP contribution in [0.3, 0.4) is 0 Å². The molecule has 3 nitrogen and oxygen atoms in total. The van der Waals surface area contributed by atoms with Gasteiger partial charge in [-0.05, 0) is 43.7 Å². The third-order valence-corrected chi connectivity index (χ3v) is 5.32. The predicted molar refractivity (Wildman–Crippen MR) is 89.8 cm³/mol. The van der Waals surface area contributed by atoms with Crippen molar-refractivity contribution in [1.29, 1.82) is 0 Å². The third-order valence-electron chi connectivity index (χ3n) is 3.09. The van der Waals surface area contributed by atoms with E-state index in [0.717, 1.165) is 16.2 Å². The average molecular weight is 337 g/mol. The van der Waals surface area contributed by atoms with E-state index in [-0.39, 0.29) is 11.0 Å². The molecule has 0 aliphatic heterocycles. The van der Waals surface area contributed by atoms with Gasteiger partial charge in [0.1, 0.15) is 0 Å². The van der Waals surface area contributed by atoms with Crippen molar-refractivity contribution in [2.24, 2.45) is 0 Å². The minimum atomic E-state index is -0.207. The normalized spacial score (nSPS) is 12.7. The van der Waals surface area contributed by atoms with Crippen LogP contribution >= 0.6 is 34.7 Å². The zero-order valence-corrected chi connectivity index (χ0v) is 13.9. The minimum Gasteiger partial charge on any atom is -0.333 e. The number of benzene rings is 1. The maximum atomic E-state index is 12.3. The van der Waals surface area contributed by atoms with Crippen LogP contribution in [0.25, 0.3) is 11.0 Å². The van der Waals surface area contributed by atoms with Crippen molar-refractivity contribution in [2.45, 2.75) is 24.3 Å². The molecule has 0 radical (unpaired) electrons. The van der Waals surface area contributed by atoms with E-state index in [0.29, 0.717) is 9.21 Å². The number of halogens is 1. The van der Waals surface area contributed by atoms with E-state index < -0.39 is 0 Å². The van der Waals surface area contributed by atoms with E-state index in [9.17, 15) is 4.79 Å². The summed E-state index contributed by atoms with van der Waals surface area (Å²) in [6, 6.07) is 9.59. The number of hydrogen-bond acceptors (Lipinski definition) is 4. The molecule has 0 aliphatic carbocycles. The Labute approximate surface area is 135 Å². The fraction of sp³-hybridized carbons (Fsp3) is 0.200. The van der Waals surface area contributed by atoms with E-state index >= 15 is 0 Å². The smallest absolute Gasteiger partial charge is 0.185 e. The second-order valence-corrected chi connectivity index (χ2v) is 7.84. The Morgan fingerprint density at radius 3 is 2.90 bits per heavy atom. The number of fused-ring (bicyclic) bond motifs is 1. The fourth-order valence-electron chi connectivity index (χ4n) is 2.02. The van der Waals surface area contributed by atoms with Gasteiger partial charge in [-0.2, -0.15) is 0 Å². The van der Waals surface area contributed by atoms with Crippen molar-refractivity contribution in [3.05, 3.63) is 45.1 Å². The number of hydrogen-bond donors (Lipinski definition) is 1. The summed E-state index contributed by atoms with van der Waals surface area (Å²) in [6.45, 7) is 3.93. The minimum absolute atomic E-state index is 0.0773. The Balaban J connectivity index is 1.79. The number of thioether (sulfide) groups is 1. The van der Waals surface area contributed by atoms with Crippen molar-refractivity contribution in [3.63, 3.8) is 0 Å². The molecule has 3 aromatic rings. The Hall–Kier alpha value is -1.30. The SMILES string of the molecule is Cc1ccc2nc(SC(C)C(=O)c3ccc(Cl)s3)[nH]c2c1. The van der Waals surface area contributed by atoms with Gasteiger partial charge in [0, 0.05) is 0 Å². The second-order valence-electron chi connectivity index (χ2n) is 4.79. The number of H-pyrrole nitrogens is 1. The molecule has 0 saturated carbocycles. The van der Waals surface area contributed by atoms with Gasteiger partial charge in [0.05, 0.1) is 25.5 Å². The van der Waals surface area contributed by atoms with Gasteiger partial charge in [-0.15, -0.1) is 11.3 Å². The molecule has 0 aliphatic rings. The third kappa shape index (κ3) is 3.15. The highest BCUT2D eigenvalue weighted by Gasteiger charge is 2.19. The topological polar surface area (TPSA) is 45.8 Å². The number of ketones is 1. The lowest BCUT2D eigenvalue weighted by molar-refractivity contribution is 0.0997. The Bertz CT molecular complexity index is 809. The molecule has 108 valence electrons. The molecule has 6 heteroatoms. The molecule has 1 aromatic carbocycles. The summed E-state index contributed by atoms with van der Waals surface area (Å²) in [7, 11) is 0. The average Bonchev–Trinajstić information content (AvgIpc) is 3.03. The van der Waals surface area contributed by atoms with Gasteiger partial charge < -0.3 is 4.98 Å². The number of aromatic amines is 1. The van der Waals surface area contributed by atoms with Gasteiger partial charge >= 0.3 is 0 Å². The summed E-state index contributed by atoms with van der Waals surface area (Å²) in [5, 5.41) is 0.556. The molecule has 0 fully saturated rings. The lowest BCUT2D eigenvalue weighted by atomic mass is 10.2. The van der Waals surface area contributed by atoms with E-state index in [1.165, 1.54) is 28.7 Å². The molecule has 0 bridgehead atoms. The van der Waals surface area contributed by atoms with Gasteiger partial charge in [0.25, 0.3) is 0 Å². The summed E-state index contributed by atoms with van der Waals surface area (Å²) in [6.07, 6.45) is 0. The van der Waals surface area contributed by atoms with Crippen molar-refractivity contribution < 1.29 is 4.79 Å². The maximum absolute atomic E-state index is 12.3. The largest absolute Gasteiger partial charge is 0.333 e. The van der Waals surface area contributed by atoms with Gasteiger partial charge in [-0.25, -0.2) is 4.98 Å². The summed E-state index contributed by atoms with van der Waals surface area (Å²) >= 11 is 8.63. The summed E-state index contributed by atoms with van der Waals surface area (Å²) < 4.78 is 0.634. The second kappa shape index (κ2) is 5.83. The zero-order valence-electron chi connectivity index (χ0n) is 11.5. The number of imidazole rings is 1. The van der Waals surface area contributed by atoms with Crippen LogP contribution in [0.15, 0.2) is 35.5 Å². The van der Waals surface area contributed by atoms with Gasteiger partial charge in [0.15, 0.2) is 10.9 Å². The van der Waals surface area contributed by atoms with Crippen LogP contribution < -0.4 is 0 Å². The number of thiophene rings is 1. The lowest BCUT2D eigenvalue weighted by Gasteiger charge is -2.05. The first-order valence-corrected chi connectivity index (χ1v) is 8.53. The number of nitrogens with zero attached hydrogens (tertiary/aromatic N) is 1. The molecule has 1 N–H and O–H groups in total. The highest BCUT2D eigenvalue weighted by Crippen LogP contribution is 2.29. The first-order valence-electron chi connectivity index (χ1n) is 6.45. The molecule has 0 spiro atoms. The molecule has 2 aromatic heterocycles. The molecule has 0 saturated heterocycles. The quantitative estimate of drug-likeness (QED) is 0.541. The van der Waals surface area contributed by atoms with Crippen LogP contribution in [0.2, 0.25) is 4.34 Å². The van der Waals surface area contributed by atoms with Gasteiger partial charge in [-0.1, -0.05) is 29.4 Å². The fourth-order valence-corrected chi connectivity index (χ4v) is 4.06. The van der Waals surface area contributed by atoms with Crippen LogP contribution in [0, 0.1) is 6.92 Å². The van der Waals surface area contributed by atoms with Crippen LogP contribution in [-0.2, 0) is 0 Å². The number of nitrogens with one attached hydrogen (secondary N) is 1. The monoisotopic (exact) mass is 336 g/mol. The van der Waals surface area contributed by atoms with E-state index in [1.807, 2.05) is 26.0 Å². The molecular weight excluding hydrogens is 324 g/mol. The first kappa shape index (κ1) is 14.6. The Kier molecular flexibility index (Phi) is 4.06. The van der Waals surface area contributed by atoms with Crippen molar-refractivity contribution in [1.82, 2.24) is 9.97 Å². The number of rotatable bonds is 4. The van der Waals surface area contributed by atoms with Crippen LogP contribution in [0.5, 0.6) is 0 Å². The highest BCUT2D eigenvalue weighted by atomic mass is 35.5. The van der Waals surface area contributed by atoms with Crippen LogP contribution in [0.1, 0.15) is 22.2 Å². The number of carbonyl (C=O) groups excluding carboxylic acids is 1. The Morgan fingerprint density at radius 2 is 2.19 bits per heavy atom. The standard InChI is InChI=1S/C15H13ClN2OS2/c1-8-3-4-10-11(7-8)18-15(17-10)20-9(2)14(19)12-5-6-13(16)21-12/h3-7,9H,1-2H3,(H,17,18). The van der Waals surface area contributed by atoms with Crippen LogP contribution in [0.4, 0.5) is 0 Å². The molecule has 1 unspecified atom stereocenters. The van der Waals surface area contributed by atoms with E-state index in [2.05, 4.69) is 16.0 Å². The molecule has 2 heterocycles. The van der Waals surface area contributed by atoms with E-state index in [1.54, 1.807) is 12.1 Å². The number of aromatic nitrogens is 2. The van der Waals surface area contributed by atoms with Crippen molar-refractivity contribution in [2.75, 3.05) is 0 Å². The number of Topliss-reactive ketones (excluding diaryl/α,β-unsaturated/α-hetero) is 1. The highest BCUT2D eigenvalue weighted by molar-refractivity contribution is 8.00. The summed E-state index contributed by atoms with van der Waals surface area (Å²) in [5.74, 6) is 0.0773. The zero-order chi connectivity index (χ0) is 15.0. The Morgan fingerprint density at radius 1 is 1.38 bits per heavy atom. The van der Waals surface area contributed by atoms with E-state index in [4.69, 9.17) is 11.6 Å². The molecule has 1 atom stereocenters. The van der Waals surface area contributed by atoms with Crippen LogP contribution in [-0.4, -0.2) is 21.0 Å². The molecule has 3 rings (SSSR count). The lowest BCUT2D eigenvalue weighted by Crippen LogP contribution is -2.12. The van der Waals surface area contributed by atoms with Gasteiger partial charge in [0.2, 0.25) is 0 Å². The molecule has 0 amide bonds. The van der Waals surface area contributed by atoms with Crippen molar-refractivity contribution >= 4 is 51.5 Å². The predicted octanol–water partition coefficient (Wildman–Crippen LogP) is 4.95. The first-order chi connectivity index (χ1) is 10.0. The molecule has 21 heavy (non-hydrogen) atoms. The number of aryl methyl sites for hydroxylation is 1.